The first-order valence-corrected chi connectivity index (χ1v) is 6.84. The van der Waals surface area contributed by atoms with E-state index < -0.39 is 5.97 Å². The number of benzene rings is 2. The Morgan fingerprint density at radius 1 is 1.00 bits per heavy atom. The van der Waals surface area contributed by atoms with Crippen molar-refractivity contribution in [2.75, 3.05) is 0 Å². The van der Waals surface area contributed by atoms with E-state index in [2.05, 4.69) is 43.0 Å². The first kappa shape index (κ1) is 14.9. The molecule has 0 aliphatic heterocycles. The fraction of sp³-hybridized carbons (Fsp3) is 0.211. The van der Waals surface area contributed by atoms with E-state index in [-0.39, 0.29) is 0 Å². The summed E-state index contributed by atoms with van der Waals surface area (Å²) >= 11 is 0. The van der Waals surface area contributed by atoms with Gasteiger partial charge in [0, 0.05) is 5.92 Å². The monoisotopic (exact) mass is 278 g/mol. The second-order valence-corrected chi connectivity index (χ2v) is 5.06. The summed E-state index contributed by atoms with van der Waals surface area (Å²) in [6, 6.07) is 12.2. The molecule has 0 aromatic heterocycles. The minimum absolute atomic E-state index is 0.528. The summed E-state index contributed by atoms with van der Waals surface area (Å²) in [4.78, 5) is 11.4. The molecular formula is C19H18O2. The van der Waals surface area contributed by atoms with Crippen molar-refractivity contribution in [3.63, 3.8) is 0 Å². The van der Waals surface area contributed by atoms with E-state index in [9.17, 15) is 4.79 Å². The Hall–Kier alpha value is -2.53. The highest BCUT2D eigenvalue weighted by Gasteiger charge is 2.10. The standard InChI is InChI=1S/C19H18O2/c1-5-6-18(20)21-17-11-14(3)19(15(4)12-17)16-9-7-13(2)8-10-16/h7-12H,1-4H3. The van der Waals surface area contributed by atoms with Crippen molar-refractivity contribution in [3.05, 3.63) is 53.1 Å². The maximum absolute atomic E-state index is 11.4. The quantitative estimate of drug-likeness (QED) is 0.356. The molecule has 0 heterocycles. The third kappa shape index (κ3) is 3.52. The minimum Gasteiger partial charge on any atom is -0.417 e. The molecule has 0 unspecified atom stereocenters. The van der Waals surface area contributed by atoms with Gasteiger partial charge in [-0.2, -0.15) is 0 Å². The van der Waals surface area contributed by atoms with Gasteiger partial charge in [0.1, 0.15) is 5.75 Å². The molecule has 2 heteroatoms. The molecule has 0 atom stereocenters. The molecule has 0 bridgehead atoms. The van der Waals surface area contributed by atoms with Crippen LogP contribution in [0.5, 0.6) is 5.75 Å². The SMILES string of the molecule is CC#CC(=O)Oc1cc(C)c(-c2ccc(C)cc2)c(C)c1. The third-order valence-corrected chi connectivity index (χ3v) is 3.28. The average molecular weight is 278 g/mol. The second-order valence-electron chi connectivity index (χ2n) is 5.06. The lowest BCUT2D eigenvalue weighted by atomic mass is 9.95. The van der Waals surface area contributed by atoms with Crippen LogP contribution in [0.4, 0.5) is 0 Å². The largest absolute Gasteiger partial charge is 0.417 e. The molecular weight excluding hydrogens is 260 g/mol. The molecule has 0 spiro atoms. The van der Waals surface area contributed by atoms with E-state index in [0.29, 0.717) is 5.75 Å². The van der Waals surface area contributed by atoms with E-state index in [1.54, 1.807) is 6.92 Å². The Labute approximate surface area is 125 Å². The smallest absolute Gasteiger partial charge is 0.389 e. The van der Waals surface area contributed by atoms with Gasteiger partial charge in [-0.1, -0.05) is 35.7 Å². The third-order valence-electron chi connectivity index (χ3n) is 3.28. The molecule has 0 radical (unpaired) electrons. The van der Waals surface area contributed by atoms with Gasteiger partial charge in [0.05, 0.1) is 0 Å². The molecule has 0 amide bonds. The van der Waals surface area contributed by atoms with Crippen molar-refractivity contribution >= 4 is 5.97 Å². The predicted molar refractivity (Wildman–Crippen MR) is 85.2 cm³/mol. The molecule has 2 aromatic rings. The van der Waals surface area contributed by atoms with Crippen LogP contribution in [0.15, 0.2) is 36.4 Å². The van der Waals surface area contributed by atoms with E-state index >= 15 is 0 Å². The second kappa shape index (κ2) is 6.28. The lowest BCUT2D eigenvalue weighted by Gasteiger charge is -2.12. The van der Waals surface area contributed by atoms with Crippen molar-refractivity contribution < 1.29 is 9.53 Å². The predicted octanol–water partition coefficient (Wildman–Crippen LogP) is 4.21. The van der Waals surface area contributed by atoms with Crippen molar-refractivity contribution in [3.8, 4) is 28.7 Å². The van der Waals surface area contributed by atoms with Crippen LogP contribution < -0.4 is 4.74 Å². The molecule has 2 aromatic carbocycles. The fourth-order valence-electron chi connectivity index (χ4n) is 2.39. The van der Waals surface area contributed by atoms with Gasteiger partial charge in [-0.3, -0.25) is 0 Å². The summed E-state index contributed by atoms with van der Waals surface area (Å²) < 4.78 is 5.21. The molecule has 106 valence electrons. The van der Waals surface area contributed by atoms with Gasteiger partial charge >= 0.3 is 5.97 Å². The van der Waals surface area contributed by atoms with Gasteiger partial charge in [0.15, 0.2) is 0 Å². The van der Waals surface area contributed by atoms with Crippen molar-refractivity contribution in [2.45, 2.75) is 27.7 Å². The van der Waals surface area contributed by atoms with Gasteiger partial charge < -0.3 is 4.74 Å². The molecule has 2 rings (SSSR count). The van der Waals surface area contributed by atoms with Crippen LogP contribution in [0.25, 0.3) is 11.1 Å². The van der Waals surface area contributed by atoms with E-state index in [0.717, 1.165) is 11.1 Å². The Morgan fingerprint density at radius 3 is 2.10 bits per heavy atom. The number of aryl methyl sites for hydroxylation is 3. The van der Waals surface area contributed by atoms with E-state index in [1.165, 1.54) is 16.7 Å². The summed E-state index contributed by atoms with van der Waals surface area (Å²) in [6.45, 7) is 7.72. The highest BCUT2D eigenvalue weighted by molar-refractivity contribution is 5.90. The molecule has 0 saturated carbocycles. The summed E-state index contributed by atoms with van der Waals surface area (Å²) in [5, 5.41) is 0. The zero-order valence-corrected chi connectivity index (χ0v) is 12.8. The number of carbonyl (C=O) groups is 1. The topological polar surface area (TPSA) is 26.3 Å². The molecule has 0 saturated heterocycles. The number of esters is 1. The summed E-state index contributed by atoms with van der Waals surface area (Å²) in [6.07, 6.45) is 0. The van der Waals surface area contributed by atoms with Crippen molar-refractivity contribution in [1.82, 2.24) is 0 Å². The summed E-state index contributed by atoms with van der Waals surface area (Å²) in [5.41, 5.74) is 5.73. The minimum atomic E-state index is -0.528. The molecule has 21 heavy (non-hydrogen) atoms. The fourth-order valence-corrected chi connectivity index (χ4v) is 2.39. The van der Waals surface area contributed by atoms with Gasteiger partial charge in [-0.15, -0.1) is 0 Å². The Kier molecular flexibility index (Phi) is 4.45. The van der Waals surface area contributed by atoms with Crippen molar-refractivity contribution in [1.29, 1.82) is 0 Å². The zero-order valence-electron chi connectivity index (χ0n) is 12.8. The summed E-state index contributed by atoms with van der Waals surface area (Å²) in [7, 11) is 0. The van der Waals surface area contributed by atoms with Crippen LogP contribution in [-0.4, -0.2) is 5.97 Å². The van der Waals surface area contributed by atoms with Crippen LogP contribution in [0.1, 0.15) is 23.6 Å². The number of ether oxygens (including phenoxy) is 1. The molecule has 0 aliphatic rings. The molecule has 2 nitrogen and oxygen atoms in total. The first-order chi connectivity index (χ1) is 10.0. The van der Waals surface area contributed by atoms with Crippen LogP contribution in [0, 0.1) is 32.6 Å². The van der Waals surface area contributed by atoms with Crippen LogP contribution in [-0.2, 0) is 4.79 Å². The van der Waals surface area contributed by atoms with Crippen molar-refractivity contribution in [2.24, 2.45) is 0 Å². The summed E-state index contributed by atoms with van der Waals surface area (Å²) in [5.74, 6) is 4.92. The maximum atomic E-state index is 11.4. The van der Waals surface area contributed by atoms with Crippen LogP contribution in [0.3, 0.4) is 0 Å². The highest BCUT2D eigenvalue weighted by atomic mass is 16.5. The molecule has 0 fully saturated rings. The zero-order chi connectivity index (χ0) is 15.4. The number of rotatable bonds is 2. The average Bonchev–Trinajstić information content (AvgIpc) is 2.40. The lowest BCUT2D eigenvalue weighted by molar-refractivity contribution is -0.128. The molecule has 0 N–H and O–H groups in total. The van der Waals surface area contributed by atoms with Gasteiger partial charge in [0.25, 0.3) is 0 Å². The van der Waals surface area contributed by atoms with E-state index in [4.69, 9.17) is 4.74 Å². The maximum Gasteiger partial charge on any atom is 0.389 e. The van der Waals surface area contributed by atoms with Gasteiger partial charge in [0.2, 0.25) is 0 Å². The highest BCUT2D eigenvalue weighted by Crippen LogP contribution is 2.31. The number of carbonyl (C=O) groups excluding carboxylic acids is 1. The van der Waals surface area contributed by atoms with Crippen LogP contribution >= 0.6 is 0 Å². The first-order valence-electron chi connectivity index (χ1n) is 6.84. The number of hydrogen-bond acceptors (Lipinski definition) is 2. The van der Waals surface area contributed by atoms with Crippen LogP contribution in [0.2, 0.25) is 0 Å². The Balaban J connectivity index is 2.39. The normalized spacial score (nSPS) is 9.71. The van der Waals surface area contributed by atoms with E-state index in [1.807, 2.05) is 26.0 Å². The molecule has 0 aliphatic carbocycles. The lowest BCUT2D eigenvalue weighted by Crippen LogP contribution is -2.05. The number of hydrogen-bond donors (Lipinski definition) is 0. The Morgan fingerprint density at radius 2 is 1.57 bits per heavy atom. The van der Waals surface area contributed by atoms with Gasteiger partial charge in [-0.05, 0) is 62.1 Å². The Bertz CT molecular complexity index is 705. The van der Waals surface area contributed by atoms with Gasteiger partial charge in [-0.25, -0.2) is 4.79 Å².